The second kappa shape index (κ2) is 10.8. The maximum atomic E-state index is 13.7. The SMILES string of the molecule is CC1(N2CCCCC2)CCN(C(=O)OC[C@H]2CCC[C@@H](C3CC3)N2S(=O)(=O)c2ccc(Cl)cc2)CC1. The van der Waals surface area contributed by atoms with E-state index in [-0.39, 0.29) is 35.2 Å². The highest BCUT2D eigenvalue weighted by Gasteiger charge is 2.47. The van der Waals surface area contributed by atoms with Crippen LogP contribution in [0, 0.1) is 5.92 Å². The van der Waals surface area contributed by atoms with E-state index in [0.717, 1.165) is 51.6 Å². The first-order chi connectivity index (χ1) is 17.3. The number of carbonyl (C=O) groups excluding carboxylic acids is 1. The number of benzene rings is 1. The molecular formula is C27H40ClN3O4S. The average Bonchev–Trinajstić information content (AvgIpc) is 3.74. The van der Waals surface area contributed by atoms with Crippen molar-refractivity contribution in [2.75, 3.05) is 32.8 Å². The van der Waals surface area contributed by atoms with Crippen molar-refractivity contribution in [3.63, 3.8) is 0 Å². The largest absolute Gasteiger partial charge is 0.448 e. The third kappa shape index (κ3) is 5.57. The zero-order valence-electron chi connectivity index (χ0n) is 21.4. The van der Waals surface area contributed by atoms with Crippen molar-refractivity contribution in [2.45, 2.75) is 93.7 Å². The Morgan fingerprint density at radius 3 is 2.28 bits per heavy atom. The molecule has 1 amide bonds. The van der Waals surface area contributed by atoms with Crippen LogP contribution in [0.25, 0.3) is 0 Å². The van der Waals surface area contributed by atoms with Crippen molar-refractivity contribution in [3.05, 3.63) is 29.3 Å². The fourth-order valence-corrected chi connectivity index (χ4v) is 8.49. The first kappa shape index (κ1) is 26.3. The van der Waals surface area contributed by atoms with Crippen LogP contribution >= 0.6 is 11.6 Å². The predicted octanol–water partition coefficient (Wildman–Crippen LogP) is 5.14. The number of sulfonamides is 1. The lowest BCUT2D eigenvalue weighted by Crippen LogP contribution is -2.56. The minimum Gasteiger partial charge on any atom is -0.448 e. The Kier molecular flexibility index (Phi) is 7.87. The van der Waals surface area contributed by atoms with E-state index in [1.54, 1.807) is 28.6 Å². The minimum atomic E-state index is -3.72. The molecule has 3 aliphatic heterocycles. The first-order valence-corrected chi connectivity index (χ1v) is 15.6. The third-order valence-corrected chi connectivity index (χ3v) is 11.1. The zero-order valence-corrected chi connectivity index (χ0v) is 23.0. The maximum Gasteiger partial charge on any atom is 0.409 e. The molecule has 7 nitrogen and oxygen atoms in total. The number of amides is 1. The van der Waals surface area contributed by atoms with Crippen molar-refractivity contribution in [1.29, 1.82) is 0 Å². The number of piperidine rings is 3. The van der Waals surface area contributed by atoms with Gasteiger partial charge in [-0.2, -0.15) is 4.31 Å². The Balaban J connectivity index is 1.23. The van der Waals surface area contributed by atoms with Crippen molar-refractivity contribution >= 4 is 27.7 Å². The van der Waals surface area contributed by atoms with Gasteiger partial charge in [0.2, 0.25) is 10.0 Å². The predicted molar refractivity (Wildman–Crippen MR) is 141 cm³/mol. The molecule has 0 spiro atoms. The first-order valence-electron chi connectivity index (χ1n) is 13.7. The van der Waals surface area contributed by atoms with Gasteiger partial charge in [-0.1, -0.05) is 24.4 Å². The smallest absolute Gasteiger partial charge is 0.409 e. The van der Waals surface area contributed by atoms with Crippen molar-refractivity contribution in [2.24, 2.45) is 5.92 Å². The minimum absolute atomic E-state index is 0.0247. The summed E-state index contributed by atoms with van der Waals surface area (Å²) in [5.41, 5.74) is 0.154. The lowest BCUT2D eigenvalue weighted by atomic mass is 9.86. The number of hydrogen-bond donors (Lipinski definition) is 0. The second-order valence-corrected chi connectivity index (χ2v) is 13.7. The van der Waals surface area contributed by atoms with Crippen molar-refractivity contribution in [1.82, 2.24) is 14.1 Å². The van der Waals surface area contributed by atoms with Crippen molar-refractivity contribution in [3.8, 4) is 0 Å². The number of nitrogens with zero attached hydrogens (tertiary/aromatic N) is 3. The monoisotopic (exact) mass is 537 g/mol. The molecule has 0 aromatic heterocycles. The Morgan fingerprint density at radius 1 is 0.972 bits per heavy atom. The highest BCUT2D eigenvalue weighted by atomic mass is 35.5. The quantitative estimate of drug-likeness (QED) is 0.502. The van der Waals surface area contributed by atoms with Crippen LogP contribution in [0.15, 0.2) is 29.2 Å². The summed E-state index contributed by atoms with van der Waals surface area (Å²) in [6.45, 7) is 6.13. The van der Waals surface area contributed by atoms with Crippen LogP contribution in [0.4, 0.5) is 4.79 Å². The summed E-state index contributed by atoms with van der Waals surface area (Å²) in [4.78, 5) is 17.7. The highest BCUT2D eigenvalue weighted by molar-refractivity contribution is 7.89. The van der Waals surface area contributed by atoms with E-state index >= 15 is 0 Å². The molecule has 0 unspecified atom stereocenters. The Bertz CT molecular complexity index is 1020. The van der Waals surface area contributed by atoms with E-state index in [1.807, 2.05) is 4.90 Å². The van der Waals surface area contributed by atoms with Crippen LogP contribution in [-0.2, 0) is 14.8 Å². The Hall–Kier alpha value is -1.35. The van der Waals surface area contributed by atoms with Gasteiger partial charge >= 0.3 is 6.09 Å². The maximum absolute atomic E-state index is 13.7. The van der Waals surface area contributed by atoms with Gasteiger partial charge in [-0.3, -0.25) is 4.90 Å². The number of hydrogen-bond acceptors (Lipinski definition) is 5. The average molecular weight is 538 g/mol. The summed E-state index contributed by atoms with van der Waals surface area (Å²) < 4.78 is 35.0. The lowest BCUT2D eigenvalue weighted by molar-refractivity contribution is 0.0110. The molecule has 0 N–H and O–H groups in total. The molecule has 1 aliphatic carbocycles. The van der Waals surface area contributed by atoms with E-state index in [0.29, 0.717) is 30.5 Å². The van der Waals surface area contributed by atoms with Gasteiger partial charge in [0.25, 0.3) is 0 Å². The zero-order chi connectivity index (χ0) is 25.3. The summed E-state index contributed by atoms with van der Waals surface area (Å²) in [5, 5.41) is 0.509. The lowest BCUT2D eigenvalue weighted by Gasteiger charge is -2.48. The van der Waals surface area contributed by atoms with Gasteiger partial charge in [-0.15, -0.1) is 0 Å². The molecule has 1 saturated carbocycles. The Morgan fingerprint density at radius 2 is 1.64 bits per heavy atom. The number of ether oxygens (including phenoxy) is 1. The third-order valence-electron chi connectivity index (χ3n) is 8.90. The Labute approximate surface area is 221 Å². The summed E-state index contributed by atoms with van der Waals surface area (Å²) in [7, 11) is -3.72. The van der Waals surface area contributed by atoms with Gasteiger partial charge in [0, 0.05) is 29.7 Å². The molecule has 4 aliphatic rings. The topological polar surface area (TPSA) is 70.2 Å². The molecule has 3 heterocycles. The number of rotatable bonds is 6. The molecule has 3 saturated heterocycles. The van der Waals surface area contributed by atoms with Gasteiger partial charge in [0.05, 0.1) is 10.9 Å². The van der Waals surface area contributed by atoms with Gasteiger partial charge in [0.1, 0.15) is 6.61 Å². The van der Waals surface area contributed by atoms with Crippen LogP contribution in [0.5, 0.6) is 0 Å². The molecule has 9 heteroatoms. The number of likely N-dealkylation sites (tertiary alicyclic amines) is 2. The van der Waals surface area contributed by atoms with Gasteiger partial charge < -0.3 is 9.64 Å². The molecule has 200 valence electrons. The molecule has 1 aromatic carbocycles. The standard InChI is InChI=1S/C27H40ClN3O4S/c1-27(30-16-3-2-4-17-30)14-18-29(19-15-27)26(32)35-20-23-6-5-7-25(21-8-9-21)31(23)36(33,34)24-12-10-22(28)11-13-24/h10-13,21,23,25H,2-9,14-20H2,1H3/t23-,25+/m1/s1. The van der Waals surface area contributed by atoms with Gasteiger partial charge in [-0.25, -0.2) is 13.2 Å². The van der Waals surface area contributed by atoms with Gasteiger partial charge in [-0.05, 0) is 102 Å². The van der Waals surface area contributed by atoms with E-state index < -0.39 is 10.0 Å². The van der Waals surface area contributed by atoms with E-state index in [4.69, 9.17) is 16.3 Å². The van der Waals surface area contributed by atoms with Crippen LogP contribution in [-0.4, -0.2) is 79.0 Å². The van der Waals surface area contributed by atoms with Crippen molar-refractivity contribution < 1.29 is 17.9 Å². The molecule has 0 radical (unpaired) electrons. The van der Waals surface area contributed by atoms with Crippen LogP contribution in [0.1, 0.15) is 71.1 Å². The second-order valence-electron chi connectivity index (χ2n) is 11.4. The van der Waals surface area contributed by atoms with Crippen LogP contribution in [0.2, 0.25) is 5.02 Å². The summed E-state index contributed by atoms with van der Waals surface area (Å²) in [5.74, 6) is 0.403. The van der Waals surface area contributed by atoms with E-state index in [1.165, 1.54) is 19.3 Å². The van der Waals surface area contributed by atoms with E-state index in [2.05, 4.69) is 11.8 Å². The highest BCUT2D eigenvalue weighted by Crippen LogP contribution is 2.43. The normalized spacial score (nSPS) is 28.1. The molecule has 1 aromatic rings. The fourth-order valence-electron chi connectivity index (χ4n) is 6.45. The molecule has 0 bridgehead atoms. The molecule has 36 heavy (non-hydrogen) atoms. The van der Waals surface area contributed by atoms with Gasteiger partial charge in [0.15, 0.2) is 0 Å². The number of carbonyl (C=O) groups is 1. The van der Waals surface area contributed by atoms with Crippen LogP contribution < -0.4 is 0 Å². The fraction of sp³-hybridized carbons (Fsp3) is 0.741. The van der Waals surface area contributed by atoms with E-state index in [9.17, 15) is 13.2 Å². The van der Waals surface area contributed by atoms with Crippen LogP contribution in [0.3, 0.4) is 0 Å². The molecular weight excluding hydrogens is 498 g/mol. The molecule has 4 fully saturated rings. The molecule has 5 rings (SSSR count). The number of halogens is 1. The summed E-state index contributed by atoms with van der Waals surface area (Å²) >= 11 is 6.01. The summed E-state index contributed by atoms with van der Waals surface area (Å²) in [6.07, 6.45) is 10.1. The molecule has 2 atom stereocenters. The summed E-state index contributed by atoms with van der Waals surface area (Å²) in [6, 6.07) is 6.03.